The molecule has 0 aromatic carbocycles. The maximum absolute atomic E-state index is 5.65. The Morgan fingerprint density at radius 1 is 1.47 bits per heavy atom. The summed E-state index contributed by atoms with van der Waals surface area (Å²) in [6.45, 7) is 4.57. The molecule has 0 N–H and O–H groups in total. The van der Waals surface area contributed by atoms with Crippen LogP contribution in [0.4, 0.5) is 0 Å². The van der Waals surface area contributed by atoms with Gasteiger partial charge in [-0.15, -0.1) is 11.6 Å². The quantitative estimate of drug-likeness (QED) is 0.800. The minimum atomic E-state index is 0. The van der Waals surface area contributed by atoms with Crippen molar-refractivity contribution in [3.05, 3.63) is 23.9 Å². The molecule has 0 bridgehead atoms. The molecule has 0 spiro atoms. The number of nitrogens with zero attached hydrogens (tertiary/aromatic N) is 1. The molecule has 0 amide bonds. The van der Waals surface area contributed by atoms with Crippen molar-refractivity contribution in [2.45, 2.75) is 26.2 Å². The van der Waals surface area contributed by atoms with Gasteiger partial charge >= 0.3 is 0 Å². The number of ether oxygens (including phenoxy) is 2. The summed E-state index contributed by atoms with van der Waals surface area (Å²) < 4.78 is 11.0. The van der Waals surface area contributed by atoms with Crippen LogP contribution in [0.2, 0.25) is 0 Å². The van der Waals surface area contributed by atoms with Gasteiger partial charge in [-0.3, -0.25) is 0 Å². The second kappa shape index (κ2) is 8.17. The van der Waals surface area contributed by atoms with E-state index in [1.807, 2.05) is 12.3 Å². The summed E-state index contributed by atoms with van der Waals surface area (Å²) in [6, 6.07) is 4.99. The monoisotopic (exact) mass is 309 g/mol. The summed E-state index contributed by atoms with van der Waals surface area (Å²) in [5, 5.41) is 0. The first-order chi connectivity index (χ1) is 7.88. The van der Waals surface area contributed by atoms with Crippen molar-refractivity contribution in [2.24, 2.45) is 5.92 Å². The zero-order chi connectivity index (χ0) is 11.2. The van der Waals surface area contributed by atoms with Crippen LogP contribution in [0, 0.1) is 12.0 Å². The average molecular weight is 309 g/mol. The normalized spacial score (nSPS) is 16.3. The van der Waals surface area contributed by atoms with E-state index in [2.05, 4.69) is 18.0 Å². The third kappa shape index (κ3) is 5.03. The minimum absolute atomic E-state index is 0. The van der Waals surface area contributed by atoms with E-state index in [0.29, 0.717) is 11.8 Å². The van der Waals surface area contributed by atoms with E-state index in [9.17, 15) is 0 Å². The van der Waals surface area contributed by atoms with Crippen molar-refractivity contribution >= 4 is 0 Å². The van der Waals surface area contributed by atoms with Gasteiger partial charge in [-0.2, -0.15) is 6.07 Å². The Kier molecular flexibility index (Phi) is 7.25. The van der Waals surface area contributed by atoms with Gasteiger partial charge < -0.3 is 14.5 Å². The molecule has 0 unspecified atom stereocenters. The molecule has 2 rings (SSSR count). The van der Waals surface area contributed by atoms with E-state index >= 15 is 0 Å². The van der Waals surface area contributed by atoms with Gasteiger partial charge in [0.25, 0.3) is 0 Å². The minimum Gasteiger partial charge on any atom is -0.534 e. The molecule has 1 radical (unpaired) electrons. The fourth-order valence-electron chi connectivity index (χ4n) is 1.76. The Morgan fingerprint density at radius 3 is 2.82 bits per heavy atom. The number of rotatable bonds is 4. The number of pyridine rings is 1. The van der Waals surface area contributed by atoms with E-state index in [1.165, 1.54) is 0 Å². The zero-order valence-electron chi connectivity index (χ0n) is 10.3. The molecule has 0 aliphatic carbocycles. The summed E-state index contributed by atoms with van der Waals surface area (Å²) in [6.07, 6.45) is 4.99. The second-order valence-electron chi connectivity index (χ2n) is 4.13. The van der Waals surface area contributed by atoms with Crippen molar-refractivity contribution in [1.29, 1.82) is 0 Å². The molecule has 1 aromatic rings. The first kappa shape index (κ1) is 15.1. The van der Waals surface area contributed by atoms with Gasteiger partial charge in [0.15, 0.2) is 0 Å². The number of hydrogen-bond acceptors (Lipinski definition) is 3. The van der Waals surface area contributed by atoms with E-state index < -0.39 is 0 Å². The van der Waals surface area contributed by atoms with Crippen molar-refractivity contribution in [3.63, 3.8) is 0 Å². The Labute approximate surface area is 128 Å². The van der Waals surface area contributed by atoms with E-state index in [4.69, 9.17) is 9.47 Å². The summed E-state index contributed by atoms with van der Waals surface area (Å²) in [4.78, 5) is 4.25. The van der Waals surface area contributed by atoms with Crippen molar-refractivity contribution in [3.8, 4) is 5.88 Å². The van der Waals surface area contributed by atoms with E-state index in [0.717, 1.165) is 44.6 Å². The Balaban J connectivity index is 0.00000144. The Morgan fingerprint density at radius 2 is 2.24 bits per heavy atom. The van der Waals surface area contributed by atoms with Gasteiger partial charge in [-0.05, 0) is 18.8 Å². The topological polar surface area (TPSA) is 31.4 Å². The molecular formula is C13H18NO2Y-. The zero-order valence-corrected chi connectivity index (χ0v) is 13.2. The van der Waals surface area contributed by atoms with Gasteiger partial charge in [-0.25, -0.2) is 0 Å². The molecule has 0 saturated carbocycles. The van der Waals surface area contributed by atoms with Crippen molar-refractivity contribution < 1.29 is 42.2 Å². The molecule has 2 heterocycles. The summed E-state index contributed by atoms with van der Waals surface area (Å²) in [5.41, 5.74) is 1.12. The van der Waals surface area contributed by atoms with Crippen LogP contribution < -0.4 is 4.74 Å². The maximum atomic E-state index is 5.65. The molecule has 1 aromatic heterocycles. The summed E-state index contributed by atoms with van der Waals surface area (Å²) >= 11 is 0. The molecule has 3 nitrogen and oxygen atoms in total. The standard InChI is InChI=1S/C13H18NO2.Y/c1-2-11-3-4-13(14-9-11)16-10-12-5-7-15-8-6-12;/h4,9,12H,2,5-8,10H2,1H3;/q-1;. The molecule has 1 fully saturated rings. The van der Waals surface area contributed by atoms with E-state index in [-0.39, 0.29) is 32.7 Å². The smallest absolute Gasteiger partial charge is 0.0968 e. The molecule has 4 heteroatoms. The fourth-order valence-corrected chi connectivity index (χ4v) is 1.76. The number of aromatic nitrogens is 1. The molecule has 91 valence electrons. The van der Waals surface area contributed by atoms with Gasteiger partial charge in [0.05, 0.1) is 12.5 Å². The number of hydrogen-bond donors (Lipinski definition) is 0. The molecule has 17 heavy (non-hydrogen) atoms. The summed E-state index contributed by atoms with van der Waals surface area (Å²) in [5.74, 6) is 1.30. The first-order valence-electron chi connectivity index (χ1n) is 5.95. The van der Waals surface area contributed by atoms with Crippen molar-refractivity contribution in [2.75, 3.05) is 19.8 Å². The second-order valence-corrected chi connectivity index (χ2v) is 4.13. The van der Waals surface area contributed by atoms with Crippen LogP contribution >= 0.6 is 0 Å². The Bertz CT molecular complexity index is 310. The van der Waals surface area contributed by atoms with Gasteiger partial charge in [0, 0.05) is 45.9 Å². The molecular weight excluding hydrogens is 291 g/mol. The maximum Gasteiger partial charge on any atom is 0.0968 e. The Hall–Kier alpha value is 0.0139. The first-order valence-corrected chi connectivity index (χ1v) is 5.95. The van der Waals surface area contributed by atoms with Gasteiger partial charge in [0.2, 0.25) is 0 Å². The largest absolute Gasteiger partial charge is 0.534 e. The van der Waals surface area contributed by atoms with Crippen LogP contribution in [-0.2, 0) is 43.9 Å². The molecule has 0 atom stereocenters. The molecule has 1 aliphatic rings. The fraction of sp³-hybridized carbons (Fsp3) is 0.615. The molecule has 1 aliphatic heterocycles. The van der Waals surface area contributed by atoms with Crippen LogP contribution in [0.3, 0.4) is 0 Å². The third-order valence-electron chi connectivity index (χ3n) is 2.92. The van der Waals surface area contributed by atoms with Crippen LogP contribution in [0.1, 0.15) is 25.3 Å². The van der Waals surface area contributed by atoms with Gasteiger partial charge in [-0.1, -0.05) is 19.5 Å². The third-order valence-corrected chi connectivity index (χ3v) is 2.92. The SMILES string of the molecule is CCc1[c-]cc(OCC2CCOCC2)nc1.[Y]. The number of aryl methyl sites for hydroxylation is 1. The van der Waals surface area contributed by atoms with Crippen LogP contribution in [0.5, 0.6) is 5.88 Å². The van der Waals surface area contributed by atoms with Crippen LogP contribution in [-0.4, -0.2) is 24.8 Å². The molecule has 1 saturated heterocycles. The average Bonchev–Trinajstić information content (AvgIpc) is 2.38. The summed E-state index contributed by atoms with van der Waals surface area (Å²) in [7, 11) is 0. The van der Waals surface area contributed by atoms with E-state index in [1.54, 1.807) is 0 Å². The predicted molar refractivity (Wildman–Crippen MR) is 61.5 cm³/mol. The predicted octanol–water partition coefficient (Wildman–Crippen LogP) is 2.25. The van der Waals surface area contributed by atoms with Crippen LogP contribution in [0.25, 0.3) is 0 Å². The van der Waals surface area contributed by atoms with Gasteiger partial charge in [0.1, 0.15) is 0 Å². The van der Waals surface area contributed by atoms with Crippen LogP contribution in [0.15, 0.2) is 12.3 Å². The van der Waals surface area contributed by atoms with Crippen molar-refractivity contribution in [1.82, 2.24) is 4.98 Å².